The molecule has 84 valence electrons. The van der Waals surface area contributed by atoms with Crippen LogP contribution in [0, 0.1) is 11.3 Å². The predicted molar refractivity (Wildman–Crippen MR) is 70.3 cm³/mol. The van der Waals surface area contributed by atoms with E-state index in [1.165, 1.54) is 0 Å². The van der Waals surface area contributed by atoms with Gasteiger partial charge in [0.25, 0.3) is 0 Å². The molecule has 1 rings (SSSR count). The van der Waals surface area contributed by atoms with Gasteiger partial charge in [0.15, 0.2) is 5.78 Å². The molecule has 0 aliphatic rings. The van der Waals surface area contributed by atoms with Crippen LogP contribution in [0.2, 0.25) is 0 Å². The van der Waals surface area contributed by atoms with Gasteiger partial charge in [-0.05, 0) is 24.8 Å². The molecule has 0 aromatic heterocycles. The van der Waals surface area contributed by atoms with E-state index in [1.54, 1.807) is 24.8 Å². The third-order valence-electron chi connectivity index (χ3n) is 2.24. The fourth-order valence-corrected chi connectivity index (χ4v) is 2.35. The van der Waals surface area contributed by atoms with Gasteiger partial charge in [-0.15, -0.1) is 11.8 Å². The Morgan fingerprint density at radius 3 is 2.81 bits per heavy atom. The van der Waals surface area contributed by atoms with Crippen molar-refractivity contribution in [3.05, 3.63) is 29.3 Å². The number of nitrogens with zero attached hydrogens (tertiary/aromatic N) is 1. The third kappa shape index (κ3) is 2.87. The lowest BCUT2D eigenvalue weighted by Crippen LogP contribution is -2.13. The molecule has 0 amide bonds. The minimum absolute atomic E-state index is 0.0288. The maximum Gasteiger partial charge on any atom is 0.176 e. The number of Topliss-reactive ketones (excluding diaryl/α,β-unsaturated/α-hetero) is 1. The molecule has 2 nitrogen and oxygen atoms in total. The number of halogens is 1. The molecule has 0 radical (unpaired) electrons. The standard InChI is InChI=1S/C12H12BrNOS/c1-8(13)12(15)10-4-3-5-11(16-2)9(10)6-7-14/h3-5,8H,6H2,1-2H3. The number of hydrogen-bond acceptors (Lipinski definition) is 3. The molecule has 0 saturated carbocycles. The van der Waals surface area contributed by atoms with Crippen molar-refractivity contribution in [1.29, 1.82) is 5.26 Å². The molecule has 0 heterocycles. The van der Waals surface area contributed by atoms with Crippen LogP contribution in [0.5, 0.6) is 0 Å². The van der Waals surface area contributed by atoms with Crippen LogP contribution in [0.1, 0.15) is 22.8 Å². The van der Waals surface area contributed by atoms with Gasteiger partial charge in [-0.1, -0.05) is 28.1 Å². The van der Waals surface area contributed by atoms with E-state index in [9.17, 15) is 4.79 Å². The van der Waals surface area contributed by atoms with Gasteiger partial charge >= 0.3 is 0 Å². The molecule has 0 aliphatic heterocycles. The summed E-state index contributed by atoms with van der Waals surface area (Å²) in [5.74, 6) is 0.0288. The number of alkyl halides is 1. The fourth-order valence-electron chi connectivity index (χ4n) is 1.46. The Labute approximate surface area is 108 Å². The van der Waals surface area contributed by atoms with E-state index in [0.717, 1.165) is 10.5 Å². The number of thioether (sulfide) groups is 1. The van der Waals surface area contributed by atoms with E-state index in [-0.39, 0.29) is 17.0 Å². The first-order valence-corrected chi connectivity index (χ1v) is 6.97. The highest BCUT2D eigenvalue weighted by atomic mass is 79.9. The second-order valence-electron chi connectivity index (χ2n) is 3.30. The van der Waals surface area contributed by atoms with Gasteiger partial charge in [0.2, 0.25) is 0 Å². The van der Waals surface area contributed by atoms with E-state index in [2.05, 4.69) is 22.0 Å². The molecule has 1 aromatic carbocycles. The molecule has 1 atom stereocenters. The fraction of sp³-hybridized carbons (Fsp3) is 0.333. The maximum absolute atomic E-state index is 11.9. The summed E-state index contributed by atoms with van der Waals surface area (Å²) in [6.07, 6.45) is 2.22. The summed E-state index contributed by atoms with van der Waals surface area (Å²) in [6.45, 7) is 1.80. The molecule has 16 heavy (non-hydrogen) atoms. The lowest BCUT2D eigenvalue weighted by molar-refractivity contribution is 0.0995. The Balaban J connectivity index is 3.28. The van der Waals surface area contributed by atoms with Gasteiger partial charge in [0.1, 0.15) is 0 Å². The summed E-state index contributed by atoms with van der Waals surface area (Å²) in [4.78, 5) is 12.7. The molecule has 0 bridgehead atoms. The Morgan fingerprint density at radius 2 is 2.31 bits per heavy atom. The third-order valence-corrected chi connectivity index (χ3v) is 3.47. The van der Waals surface area contributed by atoms with Gasteiger partial charge in [0, 0.05) is 10.5 Å². The minimum atomic E-state index is -0.220. The zero-order chi connectivity index (χ0) is 12.1. The van der Waals surface area contributed by atoms with E-state index in [0.29, 0.717) is 5.56 Å². The van der Waals surface area contributed by atoms with E-state index in [1.807, 2.05) is 18.4 Å². The summed E-state index contributed by atoms with van der Waals surface area (Å²) >= 11 is 4.83. The first kappa shape index (κ1) is 13.3. The largest absolute Gasteiger partial charge is 0.293 e. The Hall–Kier alpha value is -0.790. The average Bonchev–Trinajstić information content (AvgIpc) is 2.28. The summed E-state index contributed by atoms with van der Waals surface area (Å²) in [6, 6.07) is 7.69. The zero-order valence-corrected chi connectivity index (χ0v) is 11.6. The molecular formula is C12H12BrNOS. The predicted octanol–water partition coefficient (Wildman–Crippen LogP) is 3.44. The number of carbonyl (C=O) groups is 1. The zero-order valence-electron chi connectivity index (χ0n) is 9.16. The van der Waals surface area contributed by atoms with Crippen LogP contribution in [-0.4, -0.2) is 16.9 Å². The van der Waals surface area contributed by atoms with Crippen LogP contribution in [-0.2, 0) is 6.42 Å². The van der Waals surface area contributed by atoms with Crippen LogP contribution in [0.15, 0.2) is 23.1 Å². The number of hydrogen-bond donors (Lipinski definition) is 0. The van der Waals surface area contributed by atoms with Crippen LogP contribution in [0.3, 0.4) is 0 Å². The monoisotopic (exact) mass is 297 g/mol. The quantitative estimate of drug-likeness (QED) is 0.486. The lowest BCUT2D eigenvalue weighted by Gasteiger charge is -2.11. The van der Waals surface area contributed by atoms with Crippen molar-refractivity contribution in [3.63, 3.8) is 0 Å². The summed E-state index contributed by atoms with van der Waals surface area (Å²) in [7, 11) is 0. The number of rotatable bonds is 4. The van der Waals surface area contributed by atoms with Crippen LogP contribution in [0.4, 0.5) is 0 Å². The molecule has 1 aromatic rings. The van der Waals surface area contributed by atoms with Crippen molar-refractivity contribution in [1.82, 2.24) is 0 Å². The first-order chi connectivity index (χ1) is 7.61. The van der Waals surface area contributed by atoms with Crippen molar-refractivity contribution < 1.29 is 4.79 Å². The molecule has 0 saturated heterocycles. The summed E-state index contributed by atoms with van der Waals surface area (Å²) < 4.78 is 0. The highest BCUT2D eigenvalue weighted by Crippen LogP contribution is 2.25. The SMILES string of the molecule is CSc1cccc(C(=O)C(C)Br)c1CC#N. The van der Waals surface area contributed by atoms with E-state index < -0.39 is 0 Å². The van der Waals surface area contributed by atoms with Crippen molar-refractivity contribution in [2.75, 3.05) is 6.26 Å². The Kier molecular flexibility index (Phi) is 5.04. The van der Waals surface area contributed by atoms with Crippen molar-refractivity contribution in [2.45, 2.75) is 23.1 Å². The highest BCUT2D eigenvalue weighted by Gasteiger charge is 2.17. The topological polar surface area (TPSA) is 40.9 Å². The molecule has 4 heteroatoms. The maximum atomic E-state index is 11.9. The van der Waals surface area contributed by atoms with Gasteiger partial charge in [-0.25, -0.2) is 0 Å². The molecule has 0 aliphatic carbocycles. The molecule has 0 spiro atoms. The number of carbonyl (C=O) groups excluding carboxylic acids is 1. The number of ketones is 1. The van der Waals surface area contributed by atoms with Crippen LogP contribution in [0.25, 0.3) is 0 Å². The lowest BCUT2D eigenvalue weighted by atomic mass is 10.00. The normalized spacial score (nSPS) is 11.9. The van der Waals surface area contributed by atoms with Gasteiger partial charge in [-0.2, -0.15) is 5.26 Å². The second-order valence-corrected chi connectivity index (χ2v) is 5.52. The summed E-state index contributed by atoms with van der Waals surface area (Å²) in [5, 5.41) is 8.80. The second kappa shape index (κ2) is 6.07. The molecule has 0 N–H and O–H groups in total. The van der Waals surface area contributed by atoms with Crippen molar-refractivity contribution >= 4 is 33.5 Å². The average molecular weight is 298 g/mol. The van der Waals surface area contributed by atoms with E-state index in [4.69, 9.17) is 5.26 Å². The van der Waals surface area contributed by atoms with Crippen LogP contribution < -0.4 is 0 Å². The summed E-state index contributed by atoms with van der Waals surface area (Å²) in [5.41, 5.74) is 1.49. The first-order valence-electron chi connectivity index (χ1n) is 4.83. The van der Waals surface area contributed by atoms with Crippen LogP contribution >= 0.6 is 27.7 Å². The molecular weight excluding hydrogens is 286 g/mol. The van der Waals surface area contributed by atoms with Gasteiger partial charge in [0.05, 0.1) is 17.3 Å². The van der Waals surface area contributed by atoms with Crippen molar-refractivity contribution in [3.8, 4) is 6.07 Å². The highest BCUT2D eigenvalue weighted by molar-refractivity contribution is 9.10. The van der Waals surface area contributed by atoms with E-state index >= 15 is 0 Å². The number of nitriles is 1. The Morgan fingerprint density at radius 1 is 1.62 bits per heavy atom. The molecule has 0 fully saturated rings. The van der Waals surface area contributed by atoms with Gasteiger partial charge in [-0.3, -0.25) is 4.79 Å². The van der Waals surface area contributed by atoms with Gasteiger partial charge < -0.3 is 0 Å². The minimum Gasteiger partial charge on any atom is -0.293 e. The Bertz CT molecular complexity index is 437. The smallest absolute Gasteiger partial charge is 0.176 e. The molecule has 1 unspecified atom stereocenters. The van der Waals surface area contributed by atoms with Crippen molar-refractivity contribution in [2.24, 2.45) is 0 Å². The number of benzene rings is 1.